The first-order valence-electron chi connectivity index (χ1n) is 8.37. The van der Waals surface area contributed by atoms with Crippen LogP contribution in [0.2, 0.25) is 0 Å². The third-order valence-corrected chi connectivity index (χ3v) is 4.73. The van der Waals surface area contributed by atoms with E-state index in [9.17, 15) is 9.59 Å². The van der Waals surface area contributed by atoms with Crippen LogP contribution >= 0.6 is 11.3 Å². The van der Waals surface area contributed by atoms with Crippen molar-refractivity contribution in [2.24, 2.45) is 0 Å². The topological polar surface area (TPSA) is 77.8 Å². The summed E-state index contributed by atoms with van der Waals surface area (Å²) >= 11 is 1.26. The van der Waals surface area contributed by atoms with E-state index in [1.165, 1.54) is 17.6 Å². The first kappa shape index (κ1) is 18.7. The fourth-order valence-corrected chi connectivity index (χ4v) is 3.52. The summed E-state index contributed by atoms with van der Waals surface area (Å²) in [7, 11) is 1.59. The van der Waals surface area contributed by atoms with E-state index in [4.69, 9.17) is 13.9 Å². The van der Waals surface area contributed by atoms with Crippen LogP contribution < -0.4 is 10.1 Å². The molecule has 0 bridgehead atoms. The van der Waals surface area contributed by atoms with Gasteiger partial charge in [0.2, 0.25) is 5.91 Å². The van der Waals surface area contributed by atoms with E-state index in [0.717, 1.165) is 11.3 Å². The van der Waals surface area contributed by atoms with Crippen molar-refractivity contribution < 1.29 is 23.5 Å². The Bertz CT molecular complexity index is 913. The number of esters is 1. The molecule has 0 fully saturated rings. The number of anilines is 1. The van der Waals surface area contributed by atoms with Crippen molar-refractivity contribution in [1.29, 1.82) is 0 Å². The van der Waals surface area contributed by atoms with Crippen molar-refractivity contribution in [3.63, 3.8) is 0 Å². The monoisotopic (exact) mass is 385 g/mol. The number of amides is 1. The van der Waals surface area contributed by atoms with Gasteiger partial charge in [0.05, 0.1) is 26.4 Å². The Balaban J connectivity index is 1.80. The zero-order valence-corrected chi connectivity index (χ0v) is 15.8. The predicted octanol–water partition coefficient (Wildman–Crippen LogP) is 4.37. The van der Waals surface area contributed by atoms with Gasteiger partial charge in [0.25, 0.3) is 0 Å². The van der Waals surface area contributed by atoms with Gasteiger partial charge in [-0.3, -0.25) is 4.79 Å². The zero-order valence-electron chi connectivity index (χ0n) is 15.0. The number of nitrogens with one attached hydrogen (secondary N) is 1. The molecular weight excluding hydrogens is 366 g/mol. The number of hydrogen-bond acceptors (Lipinski definition) is 6. The highest BCUT2D eigenvalue weighted by Gasteiger charge is 2.24. The molecule has 0 saturated carbocycles. The Labute approximate surface area is 160 Å². The highest BCUT2D eigenvalue weighted by molar-refractivity contribution is 7.15. The third kappa shape index (κ3) is 4.38. The maximum atomic E-state index is 12.5. The second-order valence-electron chi connectivity index (χ2n) is 5.62. The van der Waals surface area contributed by atoms with Gasteiger partial charge in [-0.25, -0.2) is 4.79 Å². The Morgan fingerprint density at radius 2 is 1.96 bits per heavy atom. The van der Waals surface area contributed by atoms with Gasteiger partial charge in [-0.2, -0.15) is 0 Å². The SMILES string of the molecule is CCOC(=O)c1c(-c2ccco2)csc1NC(=O)Cc1ccc(OC)cc1. The van der Waals surface area contributed by atoms with Crippen LogP contribution in [0.4, 0.5) is 5.00 Å². The molecule has 0 aliphatic rings. The summed E-state index contributed by atoms with van der Waals surface area (Å²) in [4.78, 5) is 24.9. The molecule has 3 rings (SSSR count). The molecule has 140 valence electrons. The van der Waals surface area contributed by atoms with E-state index < -0.39 is 5.97 Å². The lowest BCUT2D eigenvalue weighted by Gasteiger charge is -2.08. The Kier molecular flexibility index (Phi) is 5.93. The summed E-state index contributed by atoms with van der Waals surface area (Å²) < 4.78 is 15.7. The first-order valence-corrected chi connectivity index (χ1v) is 9.25. The van der Waals surface area contributed by atoms with Gasteiger partial charge in [0.15, 0.2) is 0 Å². The fourth-order valence-electron chi connectivity index (χ4n) is 2.57. The summed E-state index contributed by atoms with van der Waals surface area (Å²) in [6, 6.07) is 10.7. The molecule has 1 amide bonds. The average Bonchev–Trinajstić information content (AvgIpc) is 3.32. The lowest BCUT2D eigenvalue weighted by Crippen LogP contribution is -2.16. The van der Waals surface area contributed by atoms with Crippen molar-refractivity contribution in [3.8, 4) is 17.1 Å². The molecule has 0 spiro atoms. The Hall–Kier alpha value is -3.06. The minimum Gasteiger partial charge on any atom is -0.497 e. The normalized spacial score (nSPS) is 10.4. The molecule has 1 aromatic carbocycles. The molecule has 7 heteroatoms. The minimum absolute atomic E-state index is 0.181. The number of hydrogen-bond donors (Lipinski definition) is 1. The van der Waals surface area contributed by atoms with E-state index in [-0.39, 0.29) is 18.9 Å². The van der Waals surface area contributed by atoms with Crippen LogP contribution in [0.1, 0.15) is 22.8 Å². The average molecular weight is 385 g/mol. The standard InChI is InChI=1S/C20H19NO5S/c1-3-25-20(23)18-15(16-5-4-10-26-16)12-27-19(18)21-17(22)11-13-6-8-14(24-2)9-7-13/h4-10,12H,3,11H2,1-2H3,(H,21,22). The largest absolute Gasteiger partial charge is 0.497 e. The number of carbonyl (C=O) groups is 2. The van der Waals surface area contributed by atoms with E-state index in [1.54, 1.807) is 43.7 Å². The van der Waals surface area contributed by atoms with Gasteiger partial charge >= 0.3 is 5.97 Å². The van der Waals surface area contributed by atoms with Crippen LogP contribution in [0.25, 0.3) is 11.3 Å². The molecule has 27 heavy (non-hydrogen) atoms. The minimum atomic E-state index is -0.495. The van der Waals surface area contributed by atoms with E-state index >= 15 is 0 Å². The van der Waals surface area contributed by atoms with E-state index in [1.807, 2.05) is 12.1 Å². The summed E-state index contributed by atoms with van der Waals surface area (Å²) in [6.45, 7) is 1.98. The lowest BCUT2D eigenvalue weighted by atomic mass is 10.1. The van der Waals surface area contributed by atoms with E-state index in [0.29, 0.717) is 21.9 Å². The summed E-state index contributed by atoms with van der Waals surface area (Å²) in [5.74, 6) is 0.554. The maximum absolute atomic E-state index is 12.5. The molecule has 0 aliphatic heterocycles. The second-order valence-corrected chi connectivity index (χ2v) is 6.50. The van der Waals surface area contributed by atoms with Crippen molar-refractivity contribution in [1.82, 2.24) is 0 Å². The zero-order chi connectivity index (χ0) is 19.2. The van der Waals surface area contributed by atoms with Crippen LogP contribution in [0.3, 0.4) is 0 Å². The van der Waals surface area contributed by atoms with Gasteiger partial charge in [-0.1, -0.05) is 12.1 Å². The van der Waals surface area contributed by atoms with Crippen LogP contribution in [0.5, 0.6) is 5.75 Å². The second kappa shape index (κ2) is 8.55. The number of furan rings is 1. The van der Waals surface area contributed by atoms with Crippen molar-refractivity contribution in [3.05, 3.63) is 59.2 Å². The number of thiophene rings is 1. The number of benzene rings is 1. The first-order chi connectivity index (χ1) is 13.1. The van der Waals surface area contributed by atoms with Crippen LogP contribution in [-0.4, -0.2) is 25.6 Å². The van der Waals surface area contributed by atoms with Crippen molar-refractivity contribution in [2.45, 2.75) is 13.3 Å². The fraction of sp³-hybridized carbons (Fsp3) is 0.200. The predicted molar refractivity (Wildman–Crippen MR) is 103 cm³/mol. The van der Waals surface area contributed by atoms with Crippen LogP contribution in [-0.2, 0) is 16.0 Å². The number of carbonyl (C=O) groups excluding carboxylic acids is 2. The molecular formula is C20H19NO5S. The number of rotatable bonds is 7. The molecule has 2 heterocycles. The molecule has 3 aromatic rings. The molecule has 1 N–H and O–H groups in total. The third-order valence-electron chi connectivity index (χ3n) is 3.83. The quantitative estimate of drug-likeness (QED) is 0.611. The van der Waals surface area contributed by atoms with Gasteiger partial charge < -0.3 is 19.2 Å². The molecule has 0 aliphatic carbocycles. The summed E-state index contributed by atoms with van der Waals surface area (Å²) in [5.41, 5.74) is 1.75. The van der Waals surface area contributed by atoms with Crippen LogP contribution in [0.15, 0.2) is 52.5 Å². The molecule has 6 nitrogen and oxygen atoms in total. The van der Waals surface area contributed by atoms with Gasteiger partial charge in [0.1, 0.15) is 22.1 Å². The van der Waals surface area contributed by atoms with Crippen molar-refractivity contribution >= 4 is 28.2 Å². The molecule has 0 atom stereocenters. The Morgan fingerprint density at radius 1 is 1.19 bits per heavy atom. The number of ether oxygens (including phenoxy) is 2. The highest BCUT2D eigenvalue weighted by atomic mass is 32.1. The maximum Gasteiger partial charge on any atom is 0.341 e. The summed E-state index contributed by atoms with van der Waals surface area (Å²) in [5, 5.41) is 5.03. The molecule has 0 saturated heterocycles. The number of methoxy groups -OCH3 is 1. The lowest BCUT2D eigenvalue weighted by molar-refractivity contribution is -0.115. The van der Waals surface area contributed by atoms with E-state index in [2.05, 4.69) is 5.32 Å². The van der Waals surface area contributed by atoms with Crippen LogP contribution in [0, 0.1) is 0 Å². The smallest absolute Gasteiger partial charge is 0.341 e. The highest BCUT2D eigenvalue weighted by Crippen LogP contribution is 2.36. The Morgan fingerprint density at radius 3 is 2.59 bits per heavy atom. The summed E-state index contributed by atoms with van der Waals surface area (Å²) in [6.07, 6.45) is 1.71. The van der Waals surface area contributed by atoms with Gasteiger partial charge in [-0.05, 0) is 36.8 Å². The molecule has 0 unspecified atom stereocenters. The molecule has 2 aromatic heterocycles. The van der Waals surface area contributed by atoms with Gasteiger partial charge in [0, 0.05) is 10.9 Å². The molecule has 0 radical (unpaired) electrons. The van der Waals surface area contributed by atoms with Gasteiger partial charge in [-0.15, -0.1) is 11.3 Å². The van der Waals surface area contributed by atoms with Crippen molar-refractivity contribution in [2.75, 3.05) is 19.0 Å².